The molecule has 0 amide bonds. The summed E-state index contributed by atoms with van der Waals surface area (Å²) in [6, 6.07) is 11.8. The molecule has 2 aromatic rings. The van der Waals surface area contributed by atoms with Gasteiger partial charge in [0.1, 0.15) is 11.4 Å². The quantitative estimate of drug-likeness (QED) is 0.257. The van der Waals surface area contributed by atoms with Gasteiger partial charge in [-0.25, -0.2) is 9.78 Å². The summed E-state index contributed by atoms with van der Waals surface area (Å²) in [6.07, 6.45) is -0.454. The van der Waals surface area contributed by atoms with E-state index in [0.717, 1.165) is 12.5 Å². The van der Waals surface area contributed by atoms with Crippen molar-refractivity contribution < 1.29 is 48.0 Å². The molecule has 0 saturated carbocycles. The van der Waals surface area contributed by atoms with E-state index in [4.69, 9.17) is 20.4 Å². The molecule has 0 atom stereocenters. The van der Waals surface area contributed by atoms with Crippen LogP contribution in [0, 0.1) is 0 Å². The van der Waals surface area contributed by atoms with Gasteiger partial charge in [-0.1, -0.05) is 18.2 Å². The van der Waals surface area contributed by atoms with Gasteiger partial charge >= 0.3 is 12.1 Å². The number of hydrogen-bond acceptors (Lipinski definition) is 8. The van der Waals surface area contributed by atoms with Crippen LogP contribution < -0.4 is 0 Å². The largest absolute Gasteiger partial charge is 0.512 e. The second-order valence-electron chi connectivity index (χ2n) is 6.50. The van der Waals surface area contributed by atoms with E-state index in [9.17, 15) is 27.6 Å². The second kappa shape index (κ2) is 17.9. The van der Waals surface area contributed by atoms with Gasteiger partial charge in [0, 0.05) is 37.2 Å². The van der Waals surface area contributed by atoms with E-state index in [0.29, 0.717) is 0 Å². The number of aliphatic imine (C=N–C) groups is 1. The molecule has 36 heavy (non-hydrogen) atoms. The van der Waals surface area contributed by atoms with Gasteiger partial charge in [0.25, 0.3) is 0 Å². The first-order valence-corrected chi connectivity index (χ1v) is 9.82. The Bertz CT molecular complexity index is 1060. The van der Waals surface area contributed by atoms with Gasteiger partial charge in [-0.05, 0) is 45.0 Å². The Hall–Kier alpha value is -4.48. The fourth-order valence-electron chi connectivity index (χ4n) is 1.79. The summed E-state index contributed by atoms with van der Waals surface area (Å²) in [6.45, 7) is 3.77. The third-order valence-corrected chi connectivity index (χ3v) is 3.13. The molecule has 0 bridgehead atoms. The maximum absolute atomic E-state index is 11.3. The van der Waals surface area contributed by atoms with Crippen LogP contribution in [0.3, 0.4) is 0 Å². The number of aromatic nitrogens is 1. The molecule has 4 N–H and O–H groups in total. The lowest BCUT2D eigenvalue weighted by Gasteiger charge is -2.02. The van der Waals surface area contributed by atoms with Crippen molar-refractivity contribution in [2.24, 2.45) is 4.99 Å². The predicted molar refractivity (Wildman–Crippen MR) is 127 cm³/mol. The lowest BCUT2D eigenvalue weighted by Crippen LogP contribution is -2.12. The smallest absolute Gasteiger partial charge is 0.448 e. The molecule has 0 aliphatic rings. The summed E-state index contributed by atoms with van der Waals surface area (Å²) in [7, 11) is 1.67. The molecule has 0 spiro atoms. The van der Waals surface area contributed by atoms with E-state index in [1.54, 1.807) is 37.5 Å². The fraction of sp³-hybridized carbons (Fsp3) is 0.208. The van der Waals surface area contributed by atoms with Crippen LogP contribution in [-0.2, 0) is 9.59 Å². The van der Waals surface area contributed by atoms with Crippen LogP contribution in [-0.4, -0.2) is 62.4 Å². The minimum absolute atomic E-state index is 0.0625. The Morgan fingerprint density at radius 3 is 1.69 bits per heavy atom. The Morgan fingerprint density at radius 2 is 1.42 bits per heavy atom. The highest BCUT2D eigenvalue weighted by molar-refractivity contribution is 5.88. The van der Waals surface area contributed by atoms with E-state index in [1.807, 2.05) is 12.1 Å². The summed E-state index contributed by atoms with van der Waals surface area (Å²) in [5.74, 6) is -3.48. The molecule has 1 aromatic heterocycles. The number of halogens is 3. The number of para-hydroxylation sites is 1. The Morgan fingerprint density at radius 1 is 0.889 bits per heavy atom. The van der Waals surface area contributed by atoms with E-state index >= 15 is 0 Å². The Balaban J connectivity index is 0. The molecule has 0 radical (unpaired) electrons. The first kappa shape index (κ1) is 33.7. The number of carboxylic acid groups (broad SMARTS) is 1. The van der Waals surface area contributed by atoms with Crippen LogP contribution in [0.5, 0.6) is 5.75 Å². The highest BCUT2D eigenvalue weighted by Crippen LogP contribution is 2.22. The SMILES string of the molecule is CC(=O)/C=C(/C)O.CC(=O)/C=C(\O)C(F)(F)F.CN=Cc1ccccc1O.O=C(O)c1ccccn1. The molecule has 0 saturated heterocycles. The number of nitrogens with zero attached hydrogens (tertiary/aromatic N) is 2. The molecule has 2 rings (SSSR count). The summed E-state index contributed by atoms with van der Waals surface area (Å²) in [4.78, 5) is 37.5. The molecule has 0 aliphatic carbocycles. The minimum atomic E-state index is -4.81. The van der Waals surface area contributed by atoms with Gasteiger partial charge in [0.05, 0.1) is 5.76 Å². The van der Waals surface area contributed by atoms with Crippen molar-refractivity contribution in [3.05, 3.63) is 83.6 Å². The van der Waals surface area contributed by atoms with Gasteiger partial charge in [-0.15, -0.1) is 0 Å². The van der Waals surface area contributed by atoms with E-state index in [2.05, 4.69) is 9.98 Å². The zero-order valence-electron chi connectivity index (χ0n) is 19.9. The number of carbonyl (C=O) groups excluding carboxylic acids is 2. The van der Waals surface area contributed by atoms with Gasteiger partial charge in [0.15, 0.2) is 11.6 Å². The molecule has 1 aromatic carbocycles. The molecule has 0 fully saturated rings. The van der Waals surface area contributed by atoms with Crippen molar-refractivity contribution in [3.63, 3.8) is 0 Å². The molecule has 196 valence electrons. The number of allylic oxidation sites excluding steroid dienone is 4. The number of alkyl halides is 3. The van der Waals surface area contributed by atoms with Crippen molar-refractivity contribution in [2.75, 3.05) is 7.05 Å². The van der Waals surface area contributed by atoms with Gasteiger partial charge in [-0.2, -0.15) is 13.2 Å². The third-order valence-electron chi connectivity index (χ3n) is 3.13. The fourth-order valence-corrected chi connectivity index (χ4v) is 1.79. The molecular weight excluding hydrogens is 485 g/mol. The number of phenols is 1. The molecule has 0 unspecified atom stereocenters. The van der Waals surface area contributed by atoms with Crippen LogP contribution in [0.25, 0.3) is 0 Å². The maximum Gasteiger partial charge on any atom is 0.448 e. The van der Waals surface area contributed by atoms with Crippen molar-refractivity contribution in [1.29, 1.82) is 0 Å². The third kappa shape index (κ3) is 19.0. The zero-order chi connectivity index (χ0) is 28.3. The lowest BCUT2D eigenvalue weighted by atomic mass is 10.2. The number of carbonyl (C=O) groups is 3. The normalized spacial score (nSPS) is 11.1. The first-order chi connectivity index (χ1) is 16.6. The first-order valence-electron chi connectivity index (χ1n) is 9.82. The number of benzene rings is 1. The van der Waals surface area contributed by atoms with Crippen molar-refractivity contribution >= 4 is 23.8 Å². The minimum Gasteiger partial charge on any atom is -0.512 e. The molecule has 0 aliphatic heterocycles. The number of aromatic carboxylic acids is 1. The number of aliphatic hydroxyl groups is 2. The summed E-state index contributed by atoms with van der Waals surface area (Å²) < 4.78 is 34.0. The highest BCUT2D eigenvalue weighted by atomic mass is 19.4. The number of rotatable bonds is 4. The standard InChI is InChI=1S/C8H9NO.C6H5NO2.C5H5F3O2.C5H8O2/c1-9-6-7-4-2-3-5-8(7)10;8-6(9)5-3-1-2-4-7-5;1-3(9)2-4(10)5(6,7)8;1-4(6)3-5(2)7/h2-6,10H,1H3;1-4H,(H,8,9);2,10H,1H3;3,6H,1-2H3/b;;4-2-;4-3-. The van der Waals surface area contributed by atoms with Crippen molar-refractivity contribution in [1.82, 2.24) is 4.98 Å². The van der Waals surface area contributed by atoms with Crippen LogP contribution in [0.4, 0.5) is 13.2 Å². The topological polar surface area (TPSA) is 157 Å². The molecule has 12 heteroatoms. The van der Waals surface area contributed by atoms with Crippen molar-refractivity contribution in [3.8, 4) is 5.75 Å². The molecule has 1 heterocycles. The Kier molecular flexibility index (Phi) is 16.8. The summed E-state index contributed by atoms with van der Waals surface area (Å²) in [5.41, 5.74) is 0.836. The van der Waals surface area contributed by atoms with Crippen molar-refractivity contribution in [2.45, 2.75) is 26.9 Å². The summed E-state index contributed by atoms with van der Waals surface area (Å²) in [5, 5.41) is 33.9. The summed E-state index contributed by atoms with van der Waals surface area (Å²) >= 11 is 0. The number of carboxylic acids is 1. The van der Waals surface area contributed by atoms with Crippen LogP contribution in [0.15, 0.2) is 77.3 Å². The van der Waals surface area contributed by atoms with E-state index < -0.39 is 23.7 Å². The van der Waals surface area contributed by atoms with Gasteiger partial charge in [0.2, 0.25) is 5.76 Å². The molecular formula is C24H27F3N2O7. The molecule has 9 nitrogen and oxygen atoms in total. The average Bonchev–Trinajstić information content (AvgIpc) is 2.75. The van der Waals surface area contributed by atoms with E-state index in [1.165, 1.54) is 32.2 Å². The van der Waals surface area contributed by atoms with Crippen LogP contribution in [0.1, 0.15) is 36.8 Å². The number of phenolic OH excluding ortho intramolecular Hbond substituents is 1. The zero-order valence-corrected chi connectivity index (χ0v) is 19.9. The van der Waals surface area contributed by atoms with Gasteiger partial charge < -0.3 is 20.4 Å². The highest BCUT2D eigenvalue weighted by Gasteiger charge is 2.33. The lowest BCUT2D eigenvalue weighted by molar-refractivity contribution is -0.124. The van der Waals surface area contributed by atoms with E-state index in [-0.39, 0.29) is 29.1 Å². The van der Waals surface area contributed by atoms with Gasteiger partial charge in [-0.3, -0.25) is 14.6 Å². The monoisotopic (exact) mass is 512 g/mol. The number of aromatic hydroxyl groups is 1. The maximum atomic E-state index is 11.3. The predicted octanol–water partition coefficient (Wildman–Crippen LogP) is 4.84. The number of pyridine rings is 1. The number of ketones is 2. The Labute approximate surface area is 205 Å². The van der Waals surface area contributed by atoms with Crippen LogP contribution >= 0.6 is 0 Å². The van der Waals surface area contributed by atoms with Crippen LogP contribution in [0.2, 0.25) is 0 Å². The number of hydrogen-bond donors (Lipinski definition) is 4. The second-order valence-corrected chi connectivity index (χ2v) is 6.50. The number of aliphatic hydroxyl groups excluding tert-OH is 2. The average molecular weight is 512 g/mol.